The zero-order valence-corrected chi connectivity index (χ0v) is 20.1. The number of allylic oxidation sites excluding steroid dienone is 1. The number of carbonyl (C=O) groups excluding carboxylic acids is 1. The van der Waals surface area contributed by atoms with Gasteiger partial charge in [0, 0.05) is 30.9 Å². The lowest BCUT2D eigenvalue weighted by molar-refractivity contribution is -0.128. The first-order valence-corrected chi connectivity index (χ1v) is 12.2. The van der Waals surface area contributed by atoms with Gasteiger partial charge in [-0.05, 0) is 70.3 Å². The summed E-state index contributed by atoms with van der Waals surface area (Å²) in [4.78, 5) is 18.6. The lowest BCUT2D eigenvalue weighted by Crippen LogP contribution is -2.45. The summed E-state index contributed by atoms with van der Waals surface area (Å²) in [5.74, 6) is 0.967. The maximum Gasteiger partial charge on any atom is 0.254 e. The Morgan fingerprint density at radius 2 is 1.88 bits per heavy atom. The van der Waals surface area contributed by atoms with Crippen LogP contribution in [0.1, 0.15) is 49.9 Å². The second-order valence-corrected chi connectivity index (χ2v) is 9.97. The highest BCUT2D eigenvalue weighted by Crippen LogP contribution is 2.39. The number of anilines is 1. The van der Waals surface area contributed by atoms with E-state index in [9.17, 15) is 4.79 Å². The summed E-state index contributed by atoms with van der Waals surface area (Å²) in [6.45, 7) is 7.99. The number of carbonyl (C=O) groups is 1. The van der Waals surface area contributed by atoms with Gasteiger partial charge < -0.3 is 15.1 Å². The lowest BCUT2D eigenvalue weighted by Gasteiger charge is -2.34. The van der Waals surface area contributed by atoms with Crippen LogP contribution in [-0.4, -0.2) is 57.7 Å². The molecular formula is C24H29Cl2N5O. The van der Waals surface area contributed by atoms with Gasteiger partial charge in [-0.25, -0.2) is 4.68 Å². The van der Waals surface area contributed by atoms with Gasteiger partial charge in [0.05, 0.1) is 21.3 Å². The van der Waals surface area contributed by atoms with Gasteiger partial charge >= 0.3 is 0 Å². The highest BCUT2D eigenvalue weighted by atomic mass is 35.5. The van der Waals surface area contributed by atoms with Crippen molar-refractivity contribution in [3.05, 3.63) is 56.8 Å². The van der Waals surface area contributed by atoms with Gasteiger partial charge in [-0.3, -0.25) is 4.79 Å². The molecule has 4 heterocycles. The molecule has 0 bridgehead atoms. The third-order valence-electron chi connectivity index (χ3n) is 6.89. The zero-order valence-electron chi connectivity index (χ0n) is 18.6. The van der Waals surface area contributed by atoms with Crippen molar-refractivity contribution in [1.29, 1.82) is 0 Å². The molecule has 2 unspecified atom stereocenters. The average molecular weight is 474 g/mol. The maximum absolute atomic E-state index is 14.1. The van der Waals surface area contributed by atoms with E-state index in [-0.39, 0.29) is 18.0 Å². The molecule has 0 aliphatic carbocycles. The Bertz CT molecular complexity index is 1070. The molecule has 170 valence electrons. The van der Waals surface area contributed by atoms with E-state index < -0.39 is 0 Å². The van der Waals surface area contributed by atoms with Crippen molar-refractivity contribution in [3.8, 4) is 0 Å². The molecule has 1 aromatic carbocycles. The van der Waals surface area contributed by atoms with Gasteiger partial charge in [-0.2, -0.15) is 5.10 Å². The van der Waals surface area contributed by atoms with E-state index in [1.165, 1.54) is 12.8 Å². The molecule has 2 atom stereocenters. The molecule has 0 spiro atoms. The third-order valence-corrected chi connectivity index (χ3v) is 7.63. The Labute approximate surface area is 199 Å². The van der Waals surface area contributed by atoms with Crippen molar-refractivity contribution in [2.45, 2.75) is 51.6 Å². The Balaban J connectivity index is 1.52. The van der Waals surface area contributed by atoms with Gasteiger partial charge in [0.15, 0.2) is 0 Å². The molecule has 8 heteroatoms. The van der Waals surface area contributed by atoms with Crippen LogP contribution < -0.4 is 5.32 Å². The van der Waals surface area contributed by atoms with Crippen LogP contribution in [0.25, 0.3) is 0 Å². The summed E-state index contributed by atoms with van der Waals surface area (Å²) in [6, 6.07) is 7.50. The fourth-order valence-corrected chi connectivity index (χ4v) is 5.68. The number of nitrogens with zero attached hydrogens (tertiary/aromatic N) is 4. The second-order valence-electron chi connectivity index (χ2n) is 9.16. The summed E-state index contributed by atoms with van der Waals surface area (Å²) in [5, 5.41) is 9.11. The van der Waals surface area contributed by atoms with Crippen LogP contribution in [0.4, 0.5) is 5.82 Å². The van der Waals surface area contributed by atoms with Crippen molar-refractivity contribution in [2.24, 2.45) is 0 Å². The average Bonchev–Trinajstić information content (AvgIpc) is 3.50. The molecule has 3 aliphatic rings. The van der Waals surface area contributed by atoms with Crippen LogP contribution in [0.15, 0.2) is 35.5 Å². The molecule has 6 nitrogen and oxygen atoms in total. The SMILES string of the molecule is CC1=C(C(=O)N2CCCC2CN2CCCC2)C(c2ccc(Cl)c(Cl)c2)n2nc(C)cc2N1. The zero-order chi connectivity index (χ0) is 22.4. The van der Waals surface area contributed by atoms with Crippen LogP contribution in [0, 0.1) is 6.92 Å². The van der Waals surface area contributed by atoms with Gasteiger partial charge in [-0.1, -0.05) is 29.3 Å². The number of likely N-dealkylation sites (tertiary alicyclic amines) is 2. The number of aromatic nitrogens is 2. The van der Waals surface area contributed by atoms with E-state index in [0.29, 0.717) is 10.0 Å². The van der Waals surface area contributed by atoms with E-state index in [1.54, 1.807) is 6.07 Å². The first-order valence-electron chi connectivity index (χ1n) is 11.4. The summed E-state index contributed by atoms with van der Waals surface area (Å²) in [7, 11) is 0. The van der Waals surface area contributed by atoms with Crippen LogP contribution in [-0.2, 0) is 4.79 Å². The molecule has 1 amide bonds. The van der Waals surface area contributed by atoms with E-state index in [0.717, 1.165) is 67.4 Å². The predicted octanol–water partition coefficient (Wildman–Crippen LogP) is 4.87. The van der Waals surface area contributed by atoms with Gasteiger partial charge in [0.2, 0.25) is 0 Å². The summed E-state index contributed by atoms with van der Waals surface area (Å²) in [5.41, 5.74) is 3.40. The molecule has 2 fully saturated rings. The molecule has 5 rings (SSSR count). The van der Waals surface area contributed by atoms with Crippen molar-refractivity contribution in [1.82, 2.24) is 19.6 Å². The smallest absolute Gasteiger partial charge is 0.254 e. The monoisotopic (exact) mass is 473 g/mol. The minimum Gasteiger partial charge on any atom is -0.344 e. The largest absolute Gasteiger partial charge is 0.344 e. The second kappa shape index (κ2) is 8.73. The van der Waals surface area contributed by atoms with Crippen molar-refractivity contribution < 1.29 is 4.79 Å². The van der Waals surface area contributed by atoms with Gasteiger partial charge in [0.25, 0.3) is 5.91 Å². The highest BCUT2D eigenvalue weighted by Gasteiger charge is 2.39. The highest BCUT2D eigenvalue weighted by molar-refractivity contribution is 6.42. The molecule has 0 radical (unpaired) electrons. The molecule has 3 aliphatic heterocycles. The normalized spacial score (nSPS) is 23.6. The Morgan fingerprint density at radius 1 is 1.09 bits per heavy atom. The molecular weight excluding hydrogens is 445 g/mol. The van der Waals surface area contributed by atoms with Crippen LogP contribution in [0.5, 0.6) is 0 Å². The fourth-order valence-electron chi connectivity index (χ4n) is 5.37. The first kappa shape index (κ1) is 21.8. The lowest BCUT2D eigenvalue weighted by atomic mass is 9.94. The molecule has 0 saturated carbocycles. The number of amides is 1. The number of halogens is 2. The standard InChI is InChI=1S/C24H29Cl2N5O/c1-15-12-21-27-16(2)22(23(31(21)28-15)17-7-8-19(25)20(26)13-17)24(32)30-11-5-6-18(30)14-29-9-3-4-10-29/h7-8,12-13,18,23,27H,3-6,9-11,14H2,1-2H3. The number of benzene rings is 1. The van der Waals surface area contributed by atoms with Crippen LogP contribution in [0.2, 0.25) is 10.0 Å². The maximum atomic E-state index is 14.1. The number of nitrogens with one attached hydrogen (secondary N) is 1. The number of aryl methyl sites for hydroxylation is 1. The van der Waals surface area contributed by atoms with Crippen molar-refractivity contribution in [2.75, 3.05) is 31.5 Å². The predicted molar refractivity (Wildman–Crippen MR) is 128 cm³/mol. The molecule has 2 aromatic rings. The number of hydrogen-bond donors (Lipinski definition) is 1. The quantitative estimate of drug-likeness (QED) is 0.687. The third kappa shape index (κ3) is 3.93. The summed E-state index contributed by atoms with van der Waals surface area (Å²) < 4.78 is 1.90. The van der Waals surface area contributed by atoms with Crippen molar-refractivity contribution in [3.63, 3.8) is 0 Å². The Kier molecular flexibility index (Phi) is 5.95. The fraction of sp³-hybridized carbons (Fsp3) is 0.500. The first-order chi connectivity index (χ1) is 15.4. The number of fused-ring (bicyclic) bond motifs is 1. The van der Waals surface area contributed by atoms with Crippen LogP contribution in [0.3, 0.4) is 0 Å². The van der Waals surface area contributed by atoms with Crippen molar-refractivity contribution >= 4 is 34.9 Å². The van der Waals surface area contributed by atoms with Gasteiger partial charge in [0.1, 0.15) is 11.9 Å². The molecule has 1 aromatic heterocycles. The van der Waals surface area contributed by atoms with E-state index >= 15 is 0 Å². The van der Waals surface area contributed by atoms with E-state index in [1.807, 2.05) is 36.7 Å². The van der Waals surface area contributed by atoms with E-state index in [4.69, 9.17) is 28.3 Å². The molecule has 2 saturated heterocycles. The molecule has 32 heavy (non-hydrogen) atoms. The minimum absolute atomic E-state index is 0.0894. The Morgan fingerprint density at radius 3 is 2.62 bits per heavy atom. The minimum atomic E-state index is -0.352. The van der Waals surface area contributed by atoms with Gasteiger partial charge in [-0.15, -0.1) is 0 Å². The number of hydrogen-bond acceptors (Lipinski definition) is 4. The van der Waals surface area contributed by atoms with Crippen LogP contribution >= 0.6 is 23.2 Å². The van der Waals surface area contributed by atoms with E-state index in [2.05, 4.69) is 15.1 Å². The molecule has 1 N–H and O–H groups in total. The number of rotatable bonds is 4. The Hall–Kier alpha value is -2.02. The topological polar surface area (TPSA) is 53.4 Å². The summed E-state index contributed by atoms with van der Waals surface area (Å²) in [6.07, 6.45) is 4.63. The summed E-state index contributed by atoms with van der Waals surface area (Å²) >= 11 is 12.6.